The van der Waals surface area contributed by atoms with Gasteiger partial charge in [-0.2, -0.15) is 0 Å². The van der Waals surface area contributed by atoms with E-state index in [0.29, 0.717) is 18.9 Å². The van der Waals surface area contributed by atoms with Crippen LogP contribution in [0.3, 0.4) is 0 Å². The number of hydrogen-bond donors (Lipinski definition) is 2. The summed E-state index contributed by atoms with van der Waals surface area (Å²) in [6.45, 7) is 6.37. The summed E-state index contributed by atoms with van der Waals surface area (Å²) in [7, 11) is 0. The van der Waals surface area contributed by atoms with Crippen molar-refractivity contribution in [2.75, 3.05) is 13.2 Å². The van der Waals surface area contributed by atoms with Crippen molar-refractivity contribution in [1.29, 1.82) is 0 Å². The van der Waals surface area contributed by atoms with Crippen LogP contribution in [0.1, 0.15) is 43.1 Å². The first-order valence-electron chi connectivity index (χ1n) is 7.72. The van der Waals surface area contributed by atoms with Gasteiger partial charge < -0.3 is 15.2 Å². The van der Waals surface area contributed by atoms with Crippen LogP contribution in [-0.4, -0.2) is 35.3 Å². The van der Waals surface area contributed by atoms with Gasteiger partial charge in [-0.1, -0.05) is 32.4 Å². The number of ether oxygens (including phenoxy) is 1. The SMILES string of the molecule is C=CCOc1cccnc1C(=O)NCC1(C)CCCCC1O. The van der Waals surface area contributed by atoms with Gasteiger partial charge in [0.05, 0.1) is 6.10 Å². The van der Waals surface area contributed by atoms with Crippen LogP contribution in [0.4, 0.5) is 0 Å². The lowest BCUT2D eigenvalue weighted by atomic mass is 9.73. The van der Waals surface area contributed by atoms with E-state index in [1.807, 2.05) is 6.92 Å². The molecule has 5 heteroatoms. The van der Waals surface area contributed by atoms with Gasteiger partial charge in [0.15, 0.2) is 11.4 Å². The van der Waals surface area contributed by atoms with E-state index in [4.69, 9.17) is 4.74 Å². The third-order valence-electron chi connectivity index (χ3n) is 4.28. The highest BCUT2D eigenvalue weighted by molar-refractivity contribution is 5.94. The first-order chi connectivity index (χ1) is 10.6. The number of amides is 1. The highest BCUT2D eigenvalue weighted by atomic mass is 16.5. The van der Waals surface area contributed by atoms with Crippen LogP contribution in [0.25, 0.3) is 0 Å². The van der Waals surface area contributed by atoms with E-state index in [1.54, 1.807) is 24.4 Å². The van der Waals surface area contributed by atoms with Crippen LogP contribution in [0.2, 0.25) is 0 Å². The molecule has 5 nitrogen and oxygen atoms in total. The monoisotopic (exact) mass is 304 g/mol. The van der Waals surface area contributed by atoms with Crippen molar-refractivity contribution < 1.29 is 14.6 Å². The average molecular weight is 304 g/mol. The number of nitrogens with zero attached hydrogens (tertiary/aromatic N) is 1. The van der Waals surface area contributed by atoms with Crippen molar-refractivity contribution in [3.05, 3.63) is 36.7 Å². The molecule has 2 N–H and O–H groups in total. The van der Waals surface area contributed by atoms with Crippen LogP contribution in [0, 0.1) is 5.41 Å². The number of hydrogen-bond acceptors (Lipinski definition) is 4. The van der Waals surface area contributed by atoms with Gasteiger partial charge in [-0.3, -0.25) is 4.79 Å². The number of aliphatic hydroxyl groups excluding tert-OH is 1. The van der Waals surface area contributed by atoms with E-state index in [1.165, 1.54) is 0 Å². The summed E-state index contributed by atoms with van der Waals surface area (Å²) in [5.74, 6) is 0.160. The van der Waals surface area contributed by atoms with E-state index in [2.05, 4.69) is 16.9 Å². The third-order valence-corrected chi connectivity index (χ3v) is 4.28. The maximum absolute atomic E-state index is 12.4. The van der Waals surface area contributed by atoms with E-state index < -0.39 is 0 Å². The molecule has 2 atom stereocenters. The highest BCUT2D eigenvalue weighted by Gasteiger charge is 2.35. The molecule has 120 valence electrons. The number of pyridine rings is 1. The molecule has 0 radical (unpaired) electrons. The minimum absolute atomic E-state index is 0.262. The van der Waals surface area contributed by atoms with Gasteiger partial charge in [0.25, 0.3) is 5.91 Å². The zero-order valence-corrected chi connectivity index (χ0v) is 13.0. The molecule has 1 aliphatic carbocycles. The Hall–Kier alpha value is -1.88. The van der Waals surface area contributed by atoms with Crippen LogP contribution in [-0.2, 0) is 0 Å². The van der Waals surface area contributed by atoms with Crippen molar-refractivity contribution >= 4 is 5.91 Å². The Balaban J connectivity index is 2.01. The van der Waals surface area contributed by atoms with E-state index in [-0.39, 0.29) is 23.1 Å². The molecule has 22 heavy (non-hydrogen) atoms. The second-order valence-corrected chi connectivity index (χ2v) is 6.05. The molecule has 2 unspecified atom stereocenters. The molecular formula is C17H24N2O3. The second-order valence-electron chi connectivity index (χ2n) is 6.05. The maximum atomic E-state index is 12.4. The Morgan fingerprint density at radius 1 is 1.64 bits per heavy atom. The van der Waals surface area contributed by atoms with E-state index >= 15 is 0 Å². The lowest BCUT2D eigenvalue weighted by Gasteiger charge is -2.38. The van der Waals surface area contributed by atoms with Crippen molar-refractivity contribution in [3.63, 3.8) is 0 Å². The van der Waals surface area contributed by atoms with Gasteiger partial charge in [-0.15, -0.1) is 0 Å². The van der Waals surface area contributed by atoms with Gasteiger partial charge in [0, 0.05) is 18.2 Å². The molecule has 1 heterocycles. The average Bonchev–Trinajstić information content (AvgIpc) is 2.54. The Morgan fingerprint density at radius 2 is 2.45 bits per heavy atom. The normalized spacial score (nSPS) is 24.5. The third kappa shape index (κ3) is 3.85. The summed E-state index contributed by atoms with van der Waals surface area (Å²) in [6.07, 6.45) is 6.65. The quantitative estimate of drug-likeness (QED) is 0.791. The van der Waals surface area contributed by atoms with Crippen LogP contribution in [0.5, 0.6) is 5.75 Å². The first kappa shape index (κ1) is 16.5. The molecule has 0 saturated heterocycles. The Morgan fingerprint density at radius 3 is 3.18 bits per heavy atom. The summed E-state index contributed by atoms with van der Waals surface area (Å²) in [5, 5.41) is 13.1. The Kier molecular flexibility index (Phi) is 5.55. The van der Waals surface area contributed by atoms with Gasteiger partial charge in [-0.25, -0.2) is 4.98 Å². The predicted molar refractivity (Wildman–Crippen MR) is 84.8 cm³/mol. The predicted octanol–water partition coefficient (Wildman–Crippen LogP) is 2.32. The summed E-state index contributed by atoms with van der Waals surface area (Å²) < 4.78 is 5.45. The largest absolute Gasteiger partial charge is 0.487 e. The Bertz CT molecular complexity index is 532. The topological polar surface area (TPSA) is 71.5 Å². The van der Waals surface area contributed by atoms with Gasteiger partial charge in [-0.05, 0) is 25.0 Å². The van der Waals surface area contributed by atoms with Crippen LogP contribution in [0.15, 0.2) is 31.0 Å². The minimum atomic E-state index is -0.373. The van der Waals surface area contributed by atoms with Crippen molar-refractivity contribution in [2.24, 2.45) is 5.41 Å². The fourth-order valence-electron chi connectivity index (χ4n) is 2.78. The molecule has 1 saturated carbocycles. The fraction of sp³-hybridized carbons (Fsp3) is 0.529. The minimum Gasteiger partial charge on any atom is -0.487 e. The molecule has 1 fully saturated rings. The lowest BCUT2D eigenvalue weighted by molar-refractivity contribution is 0.00185. The van der Waals surface area contributed by atoms with E-state index in [0.717, 1.165) is 25.7 Å². The van der Waals surface area contributed by atoms with Gasteiger partial charge in [0.1, 0.15) is 6.61 Å². The number of carbonyl (C=O) groups excluding carboxylic acids is 1. The number of carbonyl (C=O) groups is 1. The number of aromatic nitrogens is 1. The molecule has 0 bridgehead atoms. The number of rotatable bonds is 6. The highest BCUT2D eigenvalue weighted by Crippen LogP contribution is 2.35. The maximum Gasteiger partial charge on any atom is 0.273 e. The molecule has 2 rings (SSSR count). The summed E-state index contributed by atoms with van der Waals surface area (Å²) in [6, 6.07) is 3.43. The van der Waals surface area contributed by atoms with Gasteiger partial charge >= 0.3 is 0 Å². The standard InChI is InChI=1S/C17H24N2O3/c1-3-11-22-13-7-6-10-18-15(13)16(21)19-12-17(2)9-5-4-8-14(17)20/h3,6-7,10,14,20H,1,4-5,8-9,11-12H2,2H3,(H,19,21). The van der Waals surface area contributed by atoms with Crippen LogP contribution < -0.4 is 10.1 Å². The molecule has 0 spiro atoms. The van der Waals surface area contributed by atoms with Crippen molar-refractivity contribution in [1.82, 2.24) is 10.3 Å². The summed E-state index contributed by atoms with van der Waals surface area (Å²) in [5.41, 5.74) is -0.0107. The molecule has 0 aromatic carbocycles. The smallest absolute Gasteiger partial charge is 0.273 e. The number of aliphatic hydroxyl groups is 1. The first-order valence-corrected chi connectivity index (χ1v) is 7.72. The van der Waals surface area contributed by atoms with Crippen LogP contribution >= 0.6 is 0 Å². The second kappa shape index (κ2) is 7.40. The van der Waals surface area contributed by atoms with E-state index in [9.17, 15) is 9.90 Å². The zero-order valence-electron chi connectivity index (χ0n) is 13.0. The molecule has 1 aromatic rings. The molecule has 1 amide bonds. The van der Waals surface area contributed by atoms with Gasteiger partial charge in [0.2, 0.25) is 0 Å². The molecule has 1 aromatic heterocycles. The lowest BCUT2D eigenvalue weighted by Crippen LogP contribution is -2.45. The zero-order chi connectivity index (χ0) is 16.0. The van der Waals surface area contributed by atoms with Crippen molar-refractivity contribution in [3.8, 4) is 5.75 Å². The fourth-order valence-corrected chi connectivity index (χ4v) is 2.78. The van der Waals surface area contributed by atoms with Crippen molar-refractivity contribution in [2.45, 2.75) is 38.7 Å². The summed E-state index contributed by atoms with van der Waals surface area (Å²) >= 11 is 0. The summed E-state index contributed by atoms with van der Waals surface area (Å²) in [4.78, 5) is 16.5. The molecule has 1 aliphatic rings. The molecular weight excluding hydrogens is 280 g/mol. The molecule has 0 aliphatic heterocycles. The number of nitrogens with one attached hydrogen (secondary N) is 1. The Labute approximate surface area is 131 Å².